The molecule has 0 radical (unpaired) electrons. The Morgan fingerprint density at radius 3 is 2.24 bits per heavy atom. The van der Waals surface area contributed by atoms with Gasteiger partial charge in [0.1, 0.15) is 6.67 Å². The summed E-state index contributed by atoms with van der Waals surface area (Å²) in [5.41, 5.74) is 3.28. The van der Waals surface area contributed by atoms with Gasteiger partial charge in [0.15, 0.2) is 0 Å². The second-order valence-electron chi connectivity index (χ2n) is 21.1. The minimum atomic E-state index is -1.25. The summed E-state index contributed by atoms with van der Waals surface area (Å²) in [6.07, 6.45) is 22.3. The quantitative estimate of drug-likeness (QED) is 0.220. The van der Waals surface area contributed by atoms with Gasteiger partial charge in [0.25, 0.3) is 0 Å². The van der Waals surface area contributed by atoms with Crippen LogP contribution in [0.25, 0.3) is 0 Å². The van der Waals surface area contributed by atoms with E-state index in [2.05, 4.69) is 72.5 Å². The first-order valence-electron chi connectivity index (χ1n) is 21.2. The van der Waals surface area contributed by atoms with E-state index in [4.69, 9.17) is 0 Å². The highest BCUT2D eigenvalue weighted by atomic mass is 19.1. The van der Waals surface area contributed by atoms with Crippen LogP contribution in [0.15, 0.2) is 35.5 Å². The predicted molar refractivity (Wildman–Crippen MR) is 206 cm³/mol. The van der Waals surface area contributed by atoms with E-state index in [-0.39, 0.29) is 27.2 Å². The van der Waals surface area contributed by atoms with E-state index in [9.17, 15) is 19.4 Å². The minimum absolute atomic E-state index is 0.000560. The van der Waals surface area contributed by atoms with Crippen molar-refractivity contribution in [3.05, 3.63) is 35.5 Å². The number of carboxylic acids is 1. The summed E-state index contributed by atoms with van der Waals surface area (Å²) >= 11 is 0. The Balaban J connectivity index is 1.14. The molecule has 5 saturated carbocycles. The van der Waals surface area contributed by atoms with Crippen molar-refractivity contribution in [3.63, 3.8) is 0 Å². The van der Waals surface area contributed by atoms with Crippen molar-refractivity contribution in [2.75, 3.05) is 13.2 Å². The smallest absolute Gasteiger partial charge is 0.312 e. The van der Waals surface area contributed by atoms with Gasteiger partial charge in [0, 0.05) is 5.54 Å². The number of alkyl halides is 1. The molecule has 10 atom stereocenters. The molecule has 4 nitrogen and oxygen atoms in total. The molecule has 286 valence electrons. The monoisotopic (exact) mass is 706 g/mol. The molecule has 7 aliphatic carbocycles. The third-order valence-corrected chi connectivity index (χ3v) is 18.6. The van der Waals surface area contributed by atoms with Gasteiger partial charge >= 0.3 is 5.97 Å². The maximum atomic E-state index is 14.0. The first kappa shape index (κ1) is 37.8. The van der Waals surface area contributed by atoms with Crippen LogP contribution in [0.1, 0.15) is 158 Å². The number of carbonyl (C=O) groups is 1. The number of hydrogen-bond acceptors (Lipinski definition) is 3. The molecule has 0 aliphatic heterocycles. The number of halogens is 1. The van der Waals surface area contributed by atoms with E-state index < -0.39 is 23.7 Å². The first-order valence-corrected chi connectivity index (χ1v) is 21.2. The maximum absolute atomic E-state index is 14.0. The fourth-order valence-electron chi connectivity index (χ4n) is 15.2. The fraction of sp³-hybridized carbons (Fsp3) is 0.848. The largest absolute Gasteiger partial charge is 0.481 e. The Morgan fingerprint density at radius 2 is 1.61 bits per heavy atom. The van der Waals surface area contributed by atoms with Gasteiger partial charge in [-0.15, -0.1) is 0 Å². The number of nitrogens with one attached hydrogen (secondary N) is 1. The lowest BCUT2D eigenvalue weighted by atomic mass is 9.33. The number of carboxylic acid groups (broad SMARTS) is 1. The van der Waals surface area contributed by atoms with E-state index in [0.717, 1.165) is 51.0 Å². The normalized spacial score (nSPS) is 49.0. The zero-order valence-corrected chi connectivity index (χ0v) is 33.4. The Bertz CT molecular complexity index is 1460. The molecule has 0 saturated heterocycles. The molecule has 5 fully saturated rings. The molecule has 5 heteroatoms. The molecule has 0 aromatic heterocycles. The van der Waals surface area contributed by atoms with Crippen molar-refractivity contribution in [2.24, 2.45) is 62.6 Å². The highest BCUT2D eigenvalue weighted by Gasteiger charge is 2.70. The summed E-state index contributed by atoms with van der Waals surface area (Å²) in [7, 11) is 0. The number of aliphatic hydroxyl groups is 1. The lowest BCUT2D eigenvalue weighted by Gasteiger charge is -2.72. The topological polar surface area (TPSA) is 69.6 Å². The van der Waals surface area contributed by atoms with Crippen molar-refractivity contribution in [1.82, 2.24) is 5.32 Å². The molecule has 7 rings (SSSR count). The molecule has 0 amide bonds. The second kappa shape index (κ2) is 12.8. The van der Waals surface area contributed by atoms with Crippen molar-refractivity contribution in [1.29, 1.82) is 0 Å². The van der Waals surface area contributed by atoms with Crippen LogP contribution in [-0.2, 0) is 4.79 Å². The maximum Gasteiger partial charge on any atom is 0.312 e. The van der Waals surface area contributed by atoms with Gasteiger partial charge in [-0.2, -0.15) is 0 Å². The number of allylic oxidation sites excluding steroid dienone is 5. The van der Waals surface area contributed by atoms with Gasteiger partial charge in [-0.05, 0) is 191 Å². The number of fused-ring (bicyclic) bond motifs is 7. The number of aliphatic carboxylic acids is 1. The molecular formula is C46H72FNO3. The Kier molecular flexibility index (Phi) is 9.50. The summed E-state index contributed by atoms with van der Waals surface area (Å²) in [4.78, 5) is 12.0. The lowest BCUT2D eigenvalue weighted by molar-refractivity contribution is -0.221. The van der Waals surface area contributed by atoms with Crippen LogP contribution >= 0.6 is 0 Å². The van der Waals surface area contributed by atoms with E-state index >= 15 is 0 Å². The summed E-state index contributed by atoms with van der Waals surface area (Å²) < 4.78 is 14.0. The highest BCUT2D eigenvalue weighted by Crippen LogP contribution is 2.76. The van der Waals surface area contributed by atoms with Crippen LogP contribution in [0, 0.1) is 62.6 Å². The average molecular weight is 706 g/mol. The van der Waals surface area contributed by atoms with Gasteiger partial charge in [0.05, 0.1) is 11.0 Å². The molecule has 0 aromatic carbocycles. The zero-order valence-electron chi connectivity index (χ0n) is 33.4. The fourth-order valence-corrected chi connectivity index (χ4v) is 15.2. The SMILES string of the molecule is C=C(C)[C@@H]1CC[C@]2(NCCC3(O)CCC(C)CC3)CC[C@]3(C)[C@H](CC[C@@H]4[C@@]5(C)CC=C(C6=CC[C@](CF)(C(=O)O)CC6)C(C)(C)[C@@H]5CC[C@]43C)[C@@H]12. The standard InChI is InChI=1S/C46H72FNO3/c1-30(2)33-15-24-46(48-28-27-45(51)22-11-31(3)12-23-45)26-25-42(7)35(38(33)46)9-10-37-41(6)18-16-34(40(4,5)36(41)17-19-43(37,42)8)32-13-20-44(29-47,21-14-32)39(49)50/h13,16,31,33,35-38,48,51H,1,9-12,14-15,17-29H2,2-8H3,(H,49,50)/t31?,33-,35+,36-,37+,38+,41-,42+,43+,44-,45?,46-/m0/s1. The van der Waals surface area contributed by atoms with Crippen molar-refractivity contribution in [2.45, 2.75) is 169 Å². The van der Waals surface area contributed by atoms with Crippen LogP contribution in [0.5, 0.6) is 0 Å². The lowest BCUT2D eigenvalue weighted by Crippen LogP contribution is -2.68. The summed E-state index contributed by atoms with van der Waals surface area (Å²) in [5.74, 6) is 2.87. The van der Waals surface area contributed by atoms with Gasteiger partial charge in [-0.1, -0.05) is 65.8 Å². The third kappa shape index (κ3) is 5.64. The molecule has 0 aromatic rings. The van der Waals surface area contributed by atoms with Crippen LogP contribution in [0.2, 0.25) is 0 Å². The summed E-state index contributed by atoms with van der Waals surface area (Å²) in [5, 5.41) is 25.6. The van der Waals surface area contributed by atoms with Crippen molar-refractivity contribution in [3.8, 4) is 0 Å². The Morgan fingerprint density at radius 1 is 0.882 bits per heavy atom. The van der Waals surface area contributed by atoms with Gasteiger partial charge < -0.3 is 15.5 Å². The molecule has 0 heterocycles. The van der Waals surface area contributed by atoms with Crippen LogP contribution in [0.4, 0.5) is 4.39 Å². The molecular weight excluding hydrogens is 634 g/mol. The molecule has 0 spiro atoms. The predicted octanol–water partition coefficient (Wildman–Crippen LogP) is 11.0. The van der Waals surface area contributed by atoms with Gasteiger partial charge in [0.2, 0.25) is 0 Å². The van der Waals surface area contributed by atoms with E-state index in [1.165, 1.54) is 68.1 Å². The molecule has 51 heavy (non-hydrogen) atoms. The number of rotatable bonds is 8. The molecule has 3 N–H and O–H groups in total. The zero-order chi connectivity index (χ0) is 36.8. The van der Waals surface area contributed by atoms with E-state index in [1.807, 2.05) is 0 Å². The van der Waals surface area contributed by atoms with Crippen LogP contribution in [-0.4, -0.2) is 40.5 Å². The summed E-state index contributed by atoms with van der Waals surface area (Å²) in [6, 6.07) is 0. The minimum Gasteiger partial charge on any atom is -0.481 e. The van der Waals surface area contributed by atoms with Crippen molar-refractivity contribution >= 4 is 5.97 Å². The third-order valence-electron chi connectivity index (χ3n) is 18.6. The summed E-state index contributed by atoms with van der Waals surface area (Å²) in [6.45, 7) is 22.4. The van der Waals surface area contributed by atoms with Gasteiger partial charge in [-0.3, -0.25) is 4.79 Å². The van der Waals surface area contributed by atoms with Crippen LogP contribution in [0.3, 0.4) is 0 Å². The molecule has 0 bridgehead atoms. The van der Waals surface area contributed by atoms with E-state index in [0.29, 0.717) is 48.9 Å². The van der Waals surface area contributed by atoms with Gasteiger partial charge in [-0.25, -0.2) is 4.39 Å². The second-order valence-corrected chi connectivity index (χ2v) is 21.1. The van der Waals surface area contributed by atoms with Crippen LogP contribution < -0.4 is 5.32 Å². The Labute approximate surface area is 310 Å². The Hall–Kier alpha value is -1.46. The molecule has 0 unspecified atom stereocenters. The van der Waals surface area contributed by atoms with E-state index in [1.54, 1.807) is 0 Å². The number of hydrogen-bond donors (Lipinski definition) is 3. The van der Waals surface area contributed by atoms with Crippen molar-refractivity contribution < 1.29 is 19.4 Å². The average Bonchev–Trinajstić information content (AvgIpc) is 3.46. The first-order chi connectivity index (χ1) is 23.9. The highest BCUT2D eigenvalue weighted by molar-refractivity contribution is 5.75. The molecule has 7 aliphatic rings.